The monoisotopic (exact) mass is 391 g/mol. The van der Waals surface area contributed by atoms with E-state index < -0.39 is 10.0 Å². The molecule has 2 aromatic rings. The maximum Gasteiger partial charge on any atom is 0.270 e. The third kappa shape index (κ3) is 4.35. The van der Waals surface area contributed by atoms with E-state index >= 15 is 0 Å². The summed E-state index contributed by atoms with van der Waals surface area (Å²) in [6, 6.07) is 6.81. The smallest absolute Gasteiger partial charge is 0.270 e. The highest BCUT2D eigenvalue weighted by Gasteiger charge is 2.25. The van der Waals surface area contributed by atoms with Gasteiger partial charge in [-0.25, -0.2) is 8.42 Å². The van der Waals surface area contributed by atoms with Gasteiger partial charge in [0.1, 0.15) is 5.69 Å². The van der Waals surface area contributed by atoms with Gasteiger partial charge >= 0.3 is 0 Å². The van der Waals surface area contributed by atoms with Crippen LogP contribution in [0.15, 0.2) is 29.2 Å². The van der Waals surface area contributed by atoms with Crippen molar-refractivity contribution in [3.8, 4) is 0 Å². The Labute approximate surface area is 161 Å². The summed E-state index contributed by atoms with van der Waals surface area (Å²) in [5.41, 5.74) is 1.27. The zero-order valence-electron chi connectivity index (χ0n) is 16.2. The maximum absolute atomic E-state index is 13.0. The topological polar surface area (TPSA) is 73.5 Å². The first kappa shape index (κ1) is 19.9. The van der Waals surface area contributed by atoms with Gasteiger partial charge in [-0.15, -0.1) is 0 Å². The third-order valence-electron chi connectivity index (χ3n) is 5.22. The summed E-state index contributed by atoms with van der Waals surface area (Å²) in [5.74, 6) is -0.0726. The molecular weight excluding hydrogens is 362 g/mol. The molecule has 0 aliphatic carbocycles. The van der Waals surface area contributed by atoms with Gasteiger partial charge in [-0.05, 0) is 43.5 Å². The highest BCUT2D eigenvalue weighted by atomic mass is 32.2. The fourth-order valence-electron chi connectivity index (χ4n) is 3.52. The van der Waals surface area contributed by atoms with E-state index in [0.717, 1.165) is 49.4 Å². The number of sulfonamides is 1. The molecular formula is C20H29N3O3S. The van der Waals surface area contributed by atoms with Crippen molar-refractivity contribution in [2.75, 3.05) is 26.7 Å². The number of rotatable bonds is 6. The molecule has 148 valence electrons. The lowest BCUT2D eigenvalue weighted by Crippen LogP contribution is -2.31. The van der Waals surface area contributed by atoms with Gasteiger partial charge in [-0.2, -0.15) is 4.31 Å². The minimum absolute atomic E-state index is 0.0726. The van der Waals surface area contributed by atoms with E-state index in [-0.39, 0.29) is 5.91 Å². The van der Waals surface area contributed by atoms with Crippen molar-refractivity contribution in [3.05, 3.63) is 30.0 Å². The van der Waals surface area contributed by atoms with Crippen LogP contribution in [-0.2, 0) is 10.0 Å². The second-order valence-corrected chi connectivity index (χ2v) is 9.27. The summed E-state index contributed by atoms with van der Waals surface area (Å²) < 4.78 is 27.6. The third-order valence-corrected chi connectivity index (χ3v) is 7.11. The summed E-state index contributed by atoms with van der Waals surface area (Å²) in [6.45, 7) is 3.96. The number of nitrogens with zero attached hydrogens (tertiary/aromatic N) is 2. The van der Waals surface area contributed by atoms with Crippen LogP contribution in [0.1, 0.15) is 55.9 Å². The Bertz CT molecular complexity index is 896. The summed E-state index contributed by atoms with van der Waals surface area (Å²) in [4.78, 5) is 17.7. The molecule has 1 aliphatic heterocycles. The molecule has 1 aromatic heterocycles. The number of fused-ring (bicyclic) bond motifs is 1. The zero-order chi connectivity index (χ0) is 19.4. The Balaban J connectivity index is 1.86. The highest BCUT2D eigenvalue weighted by Crippen LogP contribution is 2.25. The molecule has 6 nitrogen and oxygen atoms in total. The van der Waals surface area contributed by atoms with E-state index in [1.54, 1.807) is 40.5 Å². The molecule has 0 spiro atoms. The molecule has 0 atom stereocenters. The van der Waals surface area contributed by atoms with Gasteiger partial charge in [0.05, 0.1) is 4.90 Å². The van der Waals surface area contributed by atoms with E-state index in [2.05, 4.69) is 11.9 Å². The van der Waals surface area contributed by atoms with Gasteiger partial charge in [-0.1, -0.05) is 26.2 Å². The van der Waals surface area contributed by atoms with Crippen molar-refractivity contribution in [3.63, 3.8) is 0 Å². The van der Waals surface area contributed by atoms with Crippen molar-refractivity contribution in [1.29, 1.82) is 0 Å². The average molecular weight is 392 g/mol. The molecule has 0 saturated carbocycles. The molecule has 3 rings (SSSR count). The number of aromatic amines is 1. The van der Waals surface area contributed by atoms with Crippen molar-refractivity contribution < 1.29 is 13.2 Å². The Hall–Kier alpha value is -1.86. The Morgan fingerprint density at radius 3 is 2.52 bits per heavy atom. The van der Waals surface area contributed by atoms with Crippen molar-refractivity contribution in [2.24, 2.45) is 0 Å². The number of hydrogen-bond acceptors (Lipinski definition) is 3. The number of unbranched alkanes of at least 4 members (excludes halogenated alkanes) is 1. The van der Waals surface area contributed by atoms with Gasteiger partial charge in [0.15, 0.2) is 0 Å². The number of amides is 1. The number of H-pyrrole nitrogens is 1. The number of carbonyl (C=O) groups is 1. The number of aromatic nitrogens is 1. The van der Waals surface area contributed by atoms with Crippen LogP contribution in [0.2, 0.25) is 0 Å². The SMILES string of the molecule is CCCCN(C)C(=O)c1cc2cc(S(=O)(=O)N3CCCCCC3)ccc2[nH]1. The minimum Gasteiger partial charge on any atom is -0.351 e. The van der Waals surface area contributed by atoms with Crippen LogP contribution in [0.25, 0.3) is 10.9 Å². The Morgan fingerprint density at radius 1 is 1.15 bits per heavy atom. The van der Waals surface area contributed by atoms with E-state index in [1.807, 2.05) is 0 Å². The average Bonchev–Trinajstić information content (AvgIpc) is 2.88. The van der Waals surface area contributed by atoms with Gasteiger partial charge in [-0.3, -0.25) is 4.79 Å². The molecule has 1 fully saturated rings. The zero-order valence-corrected chi connectivity index (χ0v) is 17.0. The second kappa shape index (κ2) is 8.44. The van der Waals surface area contributed by atoms with Crippen molar-refractivity contribution in [2.45, 2.75) is 50.3 Å². The molecule has 1 aromatic carbocycles. The molecule has 0 unspecified atom stereocenters. The van der Waals surface area contributed by atoms with E-state index in [1.165, 1.54) is 0 Å². The summed E-state index contributed by atoms with van der Waals surface area (Å²) in [7, 11) is -1.70. The van der Waals surface area contributed by atoms with Gasteiger partial charge in [0.2, 0.25) is 10.0 Å². The number of carbonyl (C=O) groups excluding carboxylic acids is 1. The van der Waals surface area contributed by atoms with Gasteiger partial charge < -0.3 is 9.88 Å². The summed E-state index contributed by atoms with van der Waals surface area (Å²) >= 11 is 0. The van der Waals surface area contributed by atoms with Crippen LogP contribution in [0.3, 0.4) is 0 Å². The molecule has 1 amide bonds. The van der Waals surface area contributed by atoms with Gasteiger partial charge in [0.25, 0.3) is 5.91 Å². The first-order valence-electron chi connectivity index (χ1n) is 9.82. The first-order chi connectivity index (χ1) is 12.9. The molecule has 1 saturated heterocycles. The molecule has 2 heterocycles. The molecule has 7 heteroatoms. The fourth-order valence-corrected chi connectivity index (χ4v) is 5.07. The van der Waals surface area contributed by atoms with E-state index in [0.29, 0.717) is 30.2 Å². The van der Waals surface area contributed by atoms with Crippen LogP contribution in [0.5, 0.6) is 0 Å². The number of hydrogen-bond donors (Lipinski definition) is 1. The van der Waals surface area contributed by atoms with Crippen molar-refractivity contribution >= 4 is 26.8 Å². The molecule has 1 aliphatic rings. The predicted molar refractivity (Wildman–Crippen MR) is 107 cm³/mol. The second-order valence-electron chi connectivity index (χ2n) is 7.33. The van der Waals surface area contributed by atoms with Crippen molar-refractivity contribution in [1.82, 2.24) is 14.2 Å². The van der Waals surface area contributed by atoms with Crippen LogP contribution in [-0.4, -0.2) is 55.2 Å². The fraction of sp³-hybridized carbons (Fsp3) is 0.550. The van der Waals surface area contributed by atoms with Gasteiger partial charge in [0, 0.05) is 37.6 Å². The summed E-state index contributed by atoms with van der Waals surface area (Å²) in [6.07, 6.45) is 5.98. The highest BCUT2D eigenvalue weighted by molar-refractivity contribution is 7.89. The van der Waals surface area contributed by atoms with Crippen LogP contribution < -0.4 is 0 Å². The first-order valence-corrected chi connectivity index (χ1v) is 11.3. The number of nitrogens with one attached hydrogen (secondary N) is 1. The lowest BCUT2D eigenvalue weighted by Gasteiger charge is -2.19. The maximum atomic E-state index is 13.0. The lowest BCUT2D eigenvalue weighted by atomic mass is 10.2. The predicted octanol–water partition coefficient (Wildman–Crippen LogP) is 3.60. The van der Waals surface area contributed by atoms with E-state index in [4.69, 9.17) is 0 Å². The Kier molecular flexibility index (Phi) is 6.22. The van der Waals surface area contributed by atoms with E-state index in [9.17, 15) is 13.2 Å². The molecule has 27 heavy (non-hydrogen) atoms. The van der Waals surface area contributed by atoms with Crippen LogP contribution in [0.4, 0.5) is 0 Å². The molecule has 1 N–H and O–H groups in total. The summed E-state index contributed by atoms with van der Waals surface area (Å²) in [5, 5.41) is 0.748. The quantitative estimate of drug-likeness (QED) is 0.817. The number of benzene rings is 1. The molecule has 0 bridgehead atoms. The normalized spacial score (nSPS) is 16.4. The largest absolute Gasteiger partial charge is 0.351 e. The Morgan fingerprint density at radius 2 is 1.85 bits per heavy atom. The standard InChI is InChI=1S/C20H29N3O3S/c1-3-4-11-22(2)20(24)19-15-16-14-17(9-10-18(16)21-19)27(25,26)23-12-7-5-6-8-13-23/h9-10,14-15,21H,3-8,11-13H2,1-2H3. The van der Waals surface area contributed by atoms with Crippen LogP contribution >= 0.6 is 0 Å². The minimum atomic E-state index is -3.49. The lowest BCUT2D eigenvalue weighted by molar-refractivity contribution is 0.0788. The van der Waals surface area contributed by atoms with Crippen LogP contribution in [0, 0.1) is 0 Å². The molecule has 0 radical (unpaired) electrons.